The Labute approximate surface area is 184 Å². The normalized spacial score (nSPS) is 20.2. The number of benzene rings is 1. The molecule has 0 saturated carbocycles. The van der Waals surface area contributed by atoms with Crippen LogP contribution < -0.4 is 27.0 Å². The second kappa shape index (κ2) is 8.60. The van der Waals surface area contributed by atoms with Crippen LogP contribution in [-0.2, 0) is 9.53 Å². The van der Waals surface area contributed by atoms with Gasteiger partial charge in [-0.15, -0.1) is 0 Å². The number of quaternary nitrogens is 1. The Hall–Kier alpha value is -3.84. The van der Waals surface area contributed by atoms with Crippen LogP contribution in [0.2, 0.25) is 0 Å². The third kappa shape index (κ3) is 4.27. The van der Waals surface area contributed by atoms with E-state index < -0.39 is 17.5 Å². The lowest BCUT2D eigenvalue weighted by atomic mass is 10.1. The molecule has 0 aliphatic carbocycles. The maximum Gasteiger partial charge on any atom is 0.274 e. The molecule has 10 nitrogen and oxygen atoms in total. The Kier molecular flexibility index (Phi) is 5.48. The lowest BCUT2D eigenvalue weighted by molar-refractivity contribution is -0.739. The van der Waals surface area contributed by atoms with Crippen LogP contribution in [0.5, 0.6) is 0 Å². The predicted octanol–water partition coefficient (Wildman–Crippen LogP) is 0.155. The van der Waals surface area contributed by atoms with Crippen LogP contribution in [-0.4, -0.2) is 46.2 Å². The van der Waals surface area contributed by atoms with Crippen LogP contribution in [0.1, 0.15) is 6.42 Å². The second-order valence-corrected chi connectivity index (χ2v) is 7.70. The van der Waals surface area contributed by atoms with Gasteiger partial charge in [0.2, 0.25) is 0 Å². The fraction of sp³-hybridized carbons (Fsp3) is 0.250. The van der Waals surface area contributed by atoms with Crippen LogP contribution >= 0.6 is 0 Å². The molecule has 1 saturated heterocycles. The number of nitrogens with one attached hydrogen (secondary N) is 5. The zero-order chi connectivity index (χ0) is 22.9. The third-order valence-corrected chi connectivity index (χ3v) is 5.36. The van der Waals surface area contributed by atoms with Gasteiger partial charge in [0, 0.05) is 23.2 Å². The van der Waals surface area contributed by atoms with Crippen LogP contribution in [0.4, 0.5) is 19.0 Å². The number of rotatable bonds is 5. The second-order valence-electron chi connectivity index (χ2n) is 7.70. The summed E-state index contributed by atoms with van der Waals surface area (Å²) in [5.74, 6) is -2.46. The lowest BCUT2D eigenvalue weighted by Gasteiger charge is -2.30. The first-order valence-corrected chi connectivity index (χ1v) is 10.2. The highest BCUT2D eigenvalue weighted by Crippen LogP contribution is 2.30. The Bertz CT molecular complexity index is 1250. The monoisotopic (exact) mass is 461 g/mol. The molecule has 0 radical (unpaired) electrons. The lowest BCUT2D eigenvalue weighted by Crippen LogP contribution is -2.96. The number of fused-ring (bicyclic) bond motifs is 1. The molecule has 0 bridgehead atoms. The Balaban J connectivity index is 1.33. The molecule has 3 aromatic rings. The van der Waals surface area contributed by atoms with E-state index in [1.165, 1.54) is 17.9 Å². The van der Waals surface area contributed by atoms with Gasteiger partial charge >= 0.3 is 0 Å². The smallest absolute Gasteiger partial charge is 0.274 e. The van der Waals surface area contributed by atoms with E-state index in [-0.39, 0.29) is 47.1 Å². The Morgan fingerprint density at radius 2 is 2.03 bits per heavy atom. The number of anilines is 1. The van der Waals surface area contributed by atoms with Crippen molar-refractivity contribution in [3.8, 4) is 11.4 Å². The van der Waals surface area contributed by atoms with Crippen molar-refractivity contribution in [3.05, 3.63) is 53.9 Å². The number of ether oxygens (including phenoxy) is 1. The highest BCUT2D eigenvalue weighted by atomic mass is 19.1. The standard InChI is InChI=1S/C20H19F3N8O2/c21-9-1-12-13(4-24-17(12)14(22)2-9)18-25-5-15(23)19(29-18)27-10-3-11(8-33-7-10)28-20(32)16-6-26-31-30-16/h1-2,4-6,10-11,24,26,30-31H,3,7-8H2,(H,28,32)(H,25,27,29)/p+1. The number of amides is 1. The average Bonchev–Trinajstić information content (AvgIpc) is 3.46. The molecule has 1 amide bonds. The fourth-order valence-electron chi connectivity index (χ4n) is 3.84. The maximum atomic E-state index is 14.5. The van der Waals surface area contributed by atoms with Gasteiger partial charge in [-0.3, -0.25) is 4.79 Å². The van der Waals surface area contributed by atoms with Gasteiger partial charge in [-0.25, -0.2) is 34.0 Å². The summed E-state index contributed by atoms with van der Waals surface area (Å²) < 4.78 is 47.8. The summed E-state index contributed by atoms with van der Waals surface area (Å²) in [4.78, 5) is 23.2. The van der Waals surface area contributed by atoms with E-state index in [1.807, 2.05) is 0 Å². The zero-order valence-corrected chi connectivity index (χ0v) is 17.1. The van der Waals surface area contributed by atoms with Gasteiger partial charge in [-0.05, 0) is 12.5 Å². The van der Waals surface area contributed by atoms with Gasteiger partial charge in [-0.2, -0.15) is 5.53 Å². The molecule has 5 rings (SSSR count). The fourth-order valence-corrected chi connectivity index (χ4v) is 3.84. The molecule has 7 N–H and O–H groups in total. The first-order chi connectivity index (χ1) is 16.0. The first kappa shape index (κ1) is 21.0. The van der Waals surface area contributed by atoms with Crippen molar-refractivity contribution in [1.82, 2.24) is 31.1 Å². The molecule has 13 heteroatoms. The van der Waals surface area contributed by atoms with Crippen molar-refractivity contribution in [3.63, 3.8) is 0 Å². The number of carbonyl (C=O) groups excluding carboxylic acids is 1. The zero-order valence-electron chi connectivity index (χ0n) is 17.1. The van der Waals surface area contributed by atoms with Gasteiger partial charge in [0.1, 0.15) is 11.6 Å². The molecule has 2 atom stereocenters. The van der Waals surface area contributed by atoms with E-state index in [0.717, 1.165) is 18.3 Å². The van der Waals surface area contributed by atoms with Crippen molar-refractivity contribution in [2.24, 2.45) is 0 Å². The summed E-state index contributed by atoms with van der Waals surface area (Å²) >= 11 is 0. The Morgan fingerprint density at radius 1 is 1.18 bits per heavy atom. The predicted molar refractivity (Wildman–Crippen MR) is 110 cm³/mol. The summed E-state index contributed by atoms with van der Waals surface area (Å²) in [6, 6.07) is 1.30. The van der Waals surface area contributed by atoms with Gasteiger partial charge < -0.3 is 20.4 Å². The van der Waals surface area contributed by atoms with Gasteiger partial charge in [0.25, 0.3) is 5.91 Å². The molecule has 1 fully saturated rings. The van der Waals surface area contributed by atoms with Crippen LogP contribution in [0.25, 0.3) is 22.3 Å². The van der Waals surface area contributed by atoms with Gasteiger partial charge in [0.15, 0.2) is 23.2 Å². The van der Waals surface area contributed by atoms with E-state index >= 15 is 0 Å². The molecular formula is C20H20F3N8O2+. The molecule has 2 unspecified atom stereocenters. The number of carbonyl (C=O) groups is 1. The summed E-state index contributed by atoms with van der Waals surface area (Å²) in [5.41, 5.74) is 7.90. The minimum atomic E-state index is -0.749. The van der Waals surface area contributed by atoms with E-state index in [9.17, 15) is 18.0 Å². The van der Waals surface area contributed by atoms with Gasteiger partial charge in [0.05, 0.1) is 43.2 Å². The summed E-state index contributed by atoms with van der Waals surface area (Å²) in [5, 5.41) is 6.09. The number of nitrogens with zero attached hydrogens (tertiary/aromatic N) is 2. The van der Waals surface area contributed by atoms with Crippen molar-refractivity contribution in [1.29, 1.82) is 0 Å². The quantitative estimate of drug-likeness (QED) is 0.298. The minimum absolute atomic E-state index is 0.0780. The van der Waals surface area contributed by atoms with Crippen LogP contribution in [0.15, 0.2) is 36.4 Å². The highest BCUT2D eigenvalue weighted by Gasteiger charge is 2.27. The number of H-pyrrole nitrogens is 1. The molecule has 4 heterocycles. The molecule has 2 aliphatic heterocycles. The highest BCUT2D eigenvalue weighted by molar-refractivity contribution is 5.94. The van der Waals surface area contributed by atoms with Crippen molar-refractivity contribution in [2.75, 3.05) is 18.5 Å². The summed E-state index contributed by atoms with van der Waals surface area (Å²) in [6.07, 6.45) is 4.44. The van der Waals surface area contributed by atoms with E-state index in [4.69, 9.17) is 4.74 Å². The third-order valence-electron chi connectivity index (χ3n) is 5.36. The minimum Gasteiger partial charge on any atom is -0.377 e. The van der Waals surface area contributed by atoms with Crippen LogP contribution in [0.3, 0.4) is 0 Å². The van der Waals surface area contributed by atoms with Crippen LogP contribution in [0, 0.1) is 17.5 Å². The van der Waals surface area contributed by atoms with E-state index in [0.29, 0.717) is 24.3 Å². The van der Waals surface area contributed by atoms with Crippen molar-refractivity contribution in [2.45, 2.75) is 18.5 Å². The number of nitrogens with two attached hydrogens (primary N) is 1. The molecule has 2 aromatic heterocycles. The molecule has 33 heavy (non-hydrogen) atoms. The molecule has 1 aromatic carbocycles. The molecule has 2 aliphatic rings. The van der Waals surface area contributed by atoms with E-state index in [2.05, 4.69) is 36.4 Å². The maximum absolute atomic E-state index is 14.5. The summed E-state index contributed by atoms with van der Waals surface area (Å²) in [7, 11) is 0. The topological polar surface area (TPSA) is 133 Å². The van der Waals surface area contributed by atoms with Crippen molar-refractivity contribution < 1.29 is 28.2 Å². The van der Waals surface area contributed by atoms with E-state index in [1.54, 1.807) is 0 Å². The largest absolute Gasteiger partial charge is 0.377 e. The first-order valence-electron chi connectivity index (χ1n) is 10.2. The van der Waals surface area contributed by atoms with Gasteiger partial charge in [-0.1, -0.05) is 0 Å². The molecule has 0 spiro atoms. The Morgan fingerprint density at radius 3 is 2.85 bits per heavy atom. The van der Waals surface area contributed by atoms with Crippen molar-refractivity contribution >= 4 is 22.6 Å². The number of hydrogen-bond acceptors (Lipinski definition) is 7. The number of aromatic nitrogens is 3. The number of hydrogen-bond donors (Lipinski definition) is 6. The molecule has 172 valence electrons. The average molecular weight is 461 g/mol. The number of aromatic amines is 1. The molecular weight excluding hydrogens is 441 g/mol. The summed E-state index contributed by atoms with van der Waals surface area (Å²) in [6.45, 7) is 0.600. The SMILES string of the molecule is O=C(NC1COCC(Nc2nc(-c3c[nH]c4c(F)cc(F)cc34)ncc2F)C1)C1=CN[NH2+]N1. The number of halogens is 3.